The first-order valence-electron chi connectivity index (χ1n) is 11.1. The molecule has 36 heavy (non-hydrogen) atoms. The Labute approximate surface area is 223 Å². The molecule has 0 aliphatic heterocycles. The summed E-state index contributed by atoms with van der Waals surface area (Å²) >= 11 is 6.66. The summed E-state index contributed by atoms with van der Waals surface area (Å²) in [4.78, 5) is 41.0. The van der Waals surface area contributed by atoms with E-state index >= 15 is 0 Å². The molecular formula is C24H24Br2N4O6. The second kappa shape index (κ2) is 11.7. The second-order valence-corrected chi connectivity index (χ2v) is 9.69. The van der Waals surface area contributed by atoms with Crippen LogP contribution in [0.1, 0.15) is 51.4 Å². The Morgan fingerprint density at radius 3 is 2.61 bits per heavy atom. The zero-order chi connectivity index (χ0) is 26.6. The molecule has 3 rings (SSSR count). The third kappa shape index (κ3) is 5.98. The molecule has 2 atom stereocenters. The van der Waals surface area contributed by atoms with Gasteiger partial charge in [-0.2, -0.15) is 9.78 Å². The summed E-state index contributed by atoms with van der Waals surface area (Å²) in [6, 6.07) is 8.04. The number of nitrogens with zero attached hydrogens (tertiary/aromatic N) is 4. The van der Waals surface area contributed by atoms with Crippen molar-refractivity contribution in [1.82, 2.24) is 9.66 Å². The number of carbonyl (C=O) groups is 1. The van der Waals surface area contributed by atoms with Crippen LogP contribution >= 0.6 is 31.9 Å². The maximum absolute atomic E-state index is 13.3. The van der Waals surface area contributed by atoms with Crippen LogP contribution in [-0.4, -0.2) is 39.5 Å². The Kier molecular flexibility index (Phi) is 8.96. The van der Waals surface area contributed by atoms with Crippen LogP contribution in [0.5, 0.6) is 5.75 Å². The predicted octanol–water partition coefficient (Wildman–Crippen LogP) is 5.56. The maximum Gasteiger partial charge on any atom is 0.347 e. The number of nitro groups is 1. The number of halogens is 2. The molecule has 0 spiro atoms. The second-order valence-electron chi connectivity index (χ2n) is 7.92. The summed E-state index contributed by atoms with van der Waals surface area (Å²) in [5.41, 5.74) is 0.156. The molecule has 0 radical (unpaired) electrons. The summed E-state index contributed by atoms with van der Waals surface area (Å²) in [6.07, 6.45) is 1.01. The highest BCUT2D eigenvalue weighted by atomic mass is 79.9. The molecule has 2 aromatic carbocycles. The predicted molar refractivity (Wildman–Crippen MR) is 143 cm³/mol. The third-order valence-electron chi connectivity index (χ3n) is 5.36. The van der Waals surface area contributed by atoms with Crippen molar-refractivity contribution in [1.29, 1.82) is 0 Å². The molecule has 12 heteroatoms. The quantitative estimate of drug-likeness (QED) is 0.132. The Morgan fingerprint density at radius 2 is 1.97 bits per heavy atom. The highest BCUT2D eigenvalue weighted by molar-refractivity contribution is 9.10. The minimum Gasteiger partial charge on any atom is -0.471 e. The fraction of sp³-hybridized carbons (Fsp3) is 0.333. The molecular weight excluding hydrogens is 600 g/mol. The first kappa shape index (κ1) is 27.5. The third-order valence-corrected chi connectivity index (χ3v) is 6.45. The summed E-state index contributed by atoms with van der Waals surface area (Å²) in [6.45, 7) is 7.17. The van der Waals surface area contributed by atoms with Crippen LogP contribution in [-0.2, 0) is 9.53 Å². The Hall–Kier alpha value is -3.12. The van der Waals surface area contributed by atoms with Crippen molar-refractivity contribution in [3.63, 3.8) is 0 Å². The molecule has 0 saturated carbocycles. The molecule has 190 valence electrons. The lowest BCUT2D eigenvalue weighted by Crippen LogP contribution is -2.26. The van der Waals surface area contributed by atoms with Crippen LogP contribution in [0, 0.1) is 10.1 Å². The molecule has 0 fully saturated rings. The van der Waals surface area contributed by atoms with Gasteiger partial charge in [-0.05, 0) is 60.5 Å². The Bertz CT molecular complexity index is 1410. The fourth-order valence-corrected chi connectivity index (χ4v) is 4.24. The summed E-state index contributed by atoms with van der Waals surface area (Å²) in [7, 11) is 0. The number of rotatable bonds is 9. The number of hydrogen-bond donors (Lipinski definition) is 0. The van der Waals surface area contributed by atoms with Crippen LogP contribution in [0.25, 0.3) is 10.9 Å². The zero-order valence-electron chi connectivity index (χ0n) is 20.0. The Balaban J connectivity index is 2.08. The van der Waals surface area contributed by atoms with Crippen LogP contribution in [0.3, 0.4) is 0 Å². The standard InChI is InChI=1S/C24H24Br2N4O6/c1-5-13(3)22-28-19-8-7-16(25)11-17(19)23(31)29(22)27-12-15-9-18(26)21(20(10-15)30(33)34)36-14(4)24(32)35-6-2/h7-14H,5-6H2,1-4H3/t13-,14-/m1/s1. The molecule has 0 amide bonds. The van der Waals surface area contributed by atoms with E-state index in [2.05, 4.69) is 41.9 Å². The largest absolute Gasteiger partial charge is 0.471 e. The van der Waals surface area contributed by atoms with Crippen molar-refractivity contribution < 1.29 is 19.2 Å². The van der Waals surface area contributed by atoms with E-state index in [0.717, 1.165) is 10.9 Å². The van der Waals surface area contributed by atoms with Gasteiger partial charge in [0.1, 0.15) is 5.82 Å². The van der Waals surface area contributed by atoms with E-state index < -0.39 is 17.0 Å². The average Bonchev–Trinajstić information content (AvgIpc) is 2.84. The van der Waals surface area contributed by atoms with Crippen molar-refractivity contribution in [2.24, 2.45) is 5.10 Å². The van der Waals surface area contributed by atoms with Gasteiger partial charge in [0, 0.05) is 22.0 Å². The fourth-order valence-electron chi connectivity index (χ4n) is 3.31. The SMILES string of the molecule is CCOC(=O)[C@@H](C)Oc1c(Br)cc(C=Nn2c([C@H](C)CC)nc3ccc(Br)cc3c2=O)cc1[N+](=O)[O-]. The van der Waals surface area contributed by atoms with Gasteiger partial charge < -0.3 is 9.47 Å². The van der Waals surface area contributed by atoms with Gasteiger partial charge in [-0.3, -0.25) is 14.9 Å². The van der Waals surface area contributed by atoms with Gasteiger partial charge in [0.2, 0.25) is 5.75 Å². The molecule has 0 aliphatic carbocycles. The molecule has 1 aromatic heterocycles. The molecule has 1 heterocycles. The van der Waals surface area contributed by atoms with E-state index in [4.69, 9.17) is 9.47 Å². The van der Waals surface area contributed by atoms with Gasteiger partial charge in [-0.25, -0.2) is 9.78 Å². The first-order chi connectivity index (χ1) is 17.1. The lowest BCUT2D eigenvalue weighted by Gasteiger charge is -2.15. The number of hydrogen-bond acceptors (Lipinski definition) is 8. The molecule has 0 saturated heterocycles. The van der Waals surface area contributed by atoms with Crippen molar-refractivity contribution in [3.05, 3.63) is 71.1 Å². The van der Waals surface area contributed by atoms with E-state index in [9.17, 15) is 19.7 Å². The number of ether oxygens (including phenoxy) is 2. The number of aromatic nitrogens is 2. The maximum atomic E-state index is 13.3. The zero-order valence-corrected chi connectivity index (χ0v) is 23.2. The van der Waals surface area contributed by atoms with E-state index in [1.807, 2.05) is 19.9 Å². The highest BCUT2D eigenvalue weighted by Crippen LogP contribution is 2.37. The Morgan fingerprint density at radius 1 is 1.25 bits per heavy atom. The molecule has 0 unspecified atom stereocenters. The van der Waals surface area contributed by atoms with E-state index in [1.54, 1.807) is 25.1 Å². The molecule has 0 N–H and O–H groups in total. The van der Waals surface area contributed by atoms with E-state index in [0.29, 0.717) is 22.3 Å². The van der Waals surface area contributed by atoms with Gasteiger partial charge in [0.15, 0.2) is 6.10 Å². The van der Waals surface area contributed by atoms with Gasteiger partial charge >= 0.3 is 11.7 Å². The number of nitro benzene ring substituents is 1. The number of carbonyl (C=O) groups excluding carboxylic acids is 1. The number of benzene rings is 2. The minimum absolute atomic E-state index is 0.0656. The van der Waals surface area contributed by atoms with Gasteiger partial charge in [0.25, 0.3) is 5.56 Å². The summed E-state index contributed by atoms with van der Waals surface area (Å²) < 4.78 is 12.6. The normalized spacial score (nSPS) is 13.1. The minimum atomic E-state index is -1.06. The van der Waals surface area contributed by atoms with Crippen molar-refractivity contribution in [2.45, 2.75) is 46.1 Å². The van der Waals surface area contributed by atoms with Gasteiger partial charge in [-0.1, -0.05) is 29.8 Å². The monoisotopic (exact) mass is 622 g/mol. The lowest BCUT2D eigenvalue weighted by molar-refractivity contribution is -0.386. The van der Waals surface area contributed by atoms with Crippen molar-refractivity contribution in [3.8, 4) is 5.75 Å². The van der Waals surface area contributed by atoms with E-state index in [-0.39, 0.29) is 34.0 Å². The van der Waals surface area contributed by atoms with Gasteiger partial charge in [-0.15, -0.1) is 0 Å². The number of esters is 1. The van der Waals surface area contributed by atoms with Crippen LogP contribution in [0.15, 0.2) is 49.2 Å². The number of fused-ring (bicyclic) bond motifs is 1. The van der Waals surface area contributed by atoms with Crippen molar-refractivity contribution in [2.75, 3.05) is 6.61 Å². The van der Waals surface area contributed by atoms with Crippen LogP contribution in [0.2, 0.25) is 0 Å². The smallest absolute Gasteiger partial charge is 0.347 e. The molecule has 10 nitrogen and oxygen atoms in total. The highest BCUT2D eigenvalue weighted by Gasteiger charge is 2.25. The topological polar surface area (TPSA) is 126 Å². The summed E-state index contributed by atoms with van der Waals surface area (Å²) in [5, 5.41) is 16.5. The average molecular weight is 624 g/mol. The molecule has 0 aliphatic rings. The molecule has 0 bridgehead atoms. The van der Waals surface area contributed by atoms with Gasteiger partial charge in [0.05, 0.1) is 33.1 Å². The molecule has 3 aromatic rings. The lowest BCUT2D eigenvalue weighted by atomic mass is 10.1. The summed E-state index contributed by atoms with van der Waals surface area (Å²) in [5.74, 6) is -0.349. The first-order valence-corrected chi connectivity index (χ1v) is 12.7. The van der Waals surface area contributed by atoms with Crippen molar-refractivity contribution >= 4 is 60.6 Å². The van der Waals surface area contributed by atoms with Crippen LogP contribution in [0.4, 0.5) is 5.69 Å². The van der Waals surface area contributed by atoms with Crippen LogP contribution < -0.4 is 10.3 Å². The van der Waals surface area contributed by atoms with E-state index in [1.165, 1.54) is 23.9 Å².